The van der Waals surface area contributed by atoms with Crippen LogP contribution in [0.5, 0.6) is 0 Å². The molecule has 7 nitrogen and oxygen atoms in total. The maximum absolute atomic E-state index is 14.2. The minimum absolute atomic E-state index is 0.196. The molecule has 1 atom stereocenters. The van der Waals surface area contributed by atoms with Crippen LogP contribution in [0.25, 0.3) is 0 Å². The van der Waals surface area contributed by atoms with E-state index in [1.807, 2.05) is 0 Å². The summed E-state index contributed by atoms with van der Waals surface area (Å²) in [4.78, 5) is 18.9. The van der Waals surface area contributed by atoms with Gasteiger partial charge in [-0.3, -0.25) is 9.69 Å². The number of aliphatic hydroxyl groups excluding tert-OH is 1. The fraction of sp³-hybridized carbons (Fsp3) is 0.759. The predicted molar refractivity (Wildman–Crippen MR) is 146 cm³/mol. The third-order valence-corrected chi connectivity index (χ3v) is 10.4. The van der Waals surface area contributed by atoms with Gasteiger partial charge < -0.3 is 24.6 Å². The van der Waals surface area contributed by atoms with E-state index >= 15 is 0 Å². The largest absolute Gasteiger partial charge is 0.494 e. The molecule has 1 aromatic carbocycles. The quantitative estimate of drug-likeness (QED) is 0.608. The van der Waals surface area contributed by atoms with E-state index in [0.29, 0.717) is 6.04 Å². The Morgan fingerprint density at radius 1 is 1.03 bits per heavy atom. The first kappa shape index (κ1) is 25.8. The summed E-state index contributed by atoms with van der Waals surface area (Å²) < 4.78 is 12.7. The van der Waals surface area contributed by atoms with Crippen molar-refractivity contribution in [2.75, 3.05) is 31.1 Å². The van der Waals surface area contributed by atoms with Gasteiger partial charge in [0.1, 0.15) is 0 Å². The third-order valence-electron chi connectivity index (χ3n) is 10.4. The summed E-state index contributed by atoms with van der Waals surface area (Å²) in [6.07, 6.45) is 4.64. The highest BCUT2D eigenvalue weighted by Gasteiger charge is 2.57. The maximum Gasteiger partial charge on any atom is 0.494 e. The fourth-order valence-corrected chi connectivity index (χ4v) is 7.51. The summed E-state index contributed by atoms with van der Waals surface area (Å²) in [6.45, 7) is 15.9. The first-order valence-electron chi connectivity index (χ1n) is 14.3. The molecule has 37 heavy (non-hydrogen) atoms. The number of carbonyl (C=O) groups is 1. The van der Waals surface area contributed by atoms with Crippen molar-refractivity contribution in [3.63, 3.8) is 0 Å². The van der Waals surface area contributed by atoms with Gasteiger partial charge >= 0.3 is 7.12 Å². The lowest BCUT2D eigenvalue weighted by Gasteiger charge is -2.47. The van der Waals surface area contributed by atoms with Crippen molar-refractivity contribution in [3.8, 4) is 0 Å². The number of likely N-dealkylation sites (tertiary alicyclic amines) is 1. The Balaban J connectivity index is 1.29. The summed E-state index contributed by atoms with van der Waals surface area (Å²) in [6, 6.07) is 7.32. The summed E-state index contributed by atoms with van der Waals surface area (Å²) in [5, 5.41) is 13.5. The summed E-state index contributed by atoms with van der Waals surface area (Å²) in [5.74, 6) is 0.277. The molecule has 1 aliphatic carbocycles. The van der Waals surface area contributed by atoms with Crippen LogP contribution in [0.2, 0.25) is 0 Å². The molecule has 1 spiro atoms. The van der Waals surface area contributed by atoms with Crippen molar-refractivity contribution >= 4 is 24.2 Å². The van der Waals surface area contributed by atoms with Gasteiger partial charge in [0.25, 0.3) is 0 Å². The van der Waals surface area contributed by atoms with E-state index in [1.165, 1.54) is 5.56 Å². The molecule has 3 saturated heterocycles. The molecule has 1 aromatic rings. The van der Waals surface area contributed by atoms with Gasteiger partial charge in [-0.1, -0.05) is 26.0 Å². The second-order valence-electron chi connectivity index (χ2n) is 14.0. The minimum atomic E-state index is -0.442. The van der Waals surface area contributed by atoms with Crippen molar-refractivity contribution < 1.29 is 19.2 Å². The Hall–Kier alpha value is -1.45. The first-order chi connectivity index (χ1) is 17.4. The molecule has 8 heteroatoms. The Morgan fingerprint density at radius 2 is 1.68 bits per heavy atom. The summed E-state index contributed by atoms with van der Waals surface area (Å²) >= 11 is 0. The fourth-order valence-electron chi connectivity index (χ4n) is 7.51. The molecule has 4 aliphatic heterocycles. The van der Waals surface area contributed by atoms with Gasteiger partial charge in [-0.15, -0.1) is 0 Å². The SMILES string of the molecule is CC1(C)C[C@@H](CO)N(C2CC(N3C(=O)C4(CCNCC4)c4ccc(B5OC(C)(C)C(C)(C)O5)cc43)C2)C1. The zero-order chi connectivity index (χ0) is 26.4. The number of rotatable bonds is 4. The number of amides is 1. The van der Waals surface area contributed by atoms with Crippen LogP contribution < -0.4 is 15.7 Å². The highest BCUT2D eigenvalue weighted by molar-refractivity contribution is 6.62. The number of carbonyl (C=O) groups excluding carboxylic acids is 1. The van der Waals surface area contributed by atoms with E-state index in [4.69, 9.17) is 9.31 Å². The van der Waals surface area contributed by atoms with E-state index < -0.39 is 23.7 Å². The van der Waals surface area contributed by atoms with E-state index in [2.05, 4.69) is 74.9 Å². The smallest absolute Gasteiger partial charge is 0.399 e. The van der Waals surface area contributed by atoms with Gasteiger partial charge in [-0.25, -0.2) is 0 Å². The molecular weight excluding hydrogens is 465 g/mol. The lowest BCUT2D eigenvalue weighted by atomic mass is 9.72. The van der Waals surface area contributed by atoms with Gasteiger partial charge in [0.15, 0.2) is 0 Å². The molecule has 202 valence electrons. The van der Waals surface area contributed by atoms with Crippen LogP contribution in [0.4, 0.5) is 5.69 Å². The lowest BCUT2D eigenvalue weighted by Crippen LogP contribution is -2.58. The van der Waals surface area contributed by atoms with Gasteiger partial charge in [0, 0.05) is 30.4 Å². The minimum Gasteiger partial charge on any atom is -0.399 e. The Bertz CT molecular complexity index is 1060. The number of hydrogen-bond donors (Lipinski definition) is 2. The number of benzene rings is 1. The molecule has 4 fully saturated rings. The molecule has 0 unspecified atom stereocenters. The van der Waals surface area contributed by atoms with Gasteiger partial charge in [0.2, 0.25) is 5.91 Å². The highest BCUT2D eigenvalue weighted by Crippen LogP contribution is 2.51. The molecule has 0 bridgehead atoms. The van der Waals surface area contributed by atoms with Crippen molar-refractivity contribution in [1.82, 2.24) is 10.2 Å². The number of anilines is 1. The Kier molecular flexibility index (Phi) is 5.95. The van der Waals surface area contributed by atoms with Gasteiger partial charge in [-0.2, -0.15) is 0 Å². The second-order valence-corrected chi connectivity index (χ2v) is 14.0. The lowest BCUT2D eigenvalue weighted by molar-refractivity contribution is -0.125. The number of aliphatic hydroxyl groups is 1. The van der Waals surface area contributed by atoms with E-state index in [1.54, 1.807) is 0 Å². The van der Waals surface area contributed by atoms with Crippen molar-refractivity contribution in [3.05, 3.63) is 23.8 Å². The molecule has 4 heterocycles. The van der Waals surface area contributed by atoms with Crippen LogP contribution in [0.15, 0.2) is 18.2 Å². The molecule has 1 saturated carbocycles. The summed E-state index contributed by atoms with van der Waals surface area (Å²) in [7, 11) is -0.442. The average Bonchev–Trinajstić information content (AvgIpc) is 3.33. The monoisotopic (exact) mass is 509 g/mol. The molecule has 2 N–H and O–H groups in total. The summed E-state index contributed by atoms with van der Waals surface area (Å²) in [5.41, 5.74) is 2.21. The van der Waals surface area contributed by atoms with E-state index in [-0.39, 0.29) is 30.0 Å². The second kappa shape index (κ2) is 8.53. The standard InChI is InChI=1S/C29H44BN3O4/c1-26(2)16-22(17-34)32(18-26)20-14-21(15-20)33-24-13-19(30-36-27(3,4)28(5,6)37-30)7-8-23(24)29(25(33)35)9-11-31-12-10-29/h7-8,13,20-22,31,34H,9-12,14-18H2,1-6H3/t20?,21?,22-/m0/s1. The van der Waals surface area contributed by atoms with Crippen LogP contribution in [-0.4, -0.2) is 78.6 Å². The van der Waals surface area contributed by atoms with Crippen molar-refractivity contribution in [2.24, 2.45) is 5.41 Å². The third kappa shape index (κ3) is 3.93. The number of fused-ring (bicyclic) bond motifs is 2. The Morgan fingerprint density at radius 3 is 2.30 bits per heavy atom. The van der Waals surface area contributed by atoms with Gasteiger partial charge in [-0.05, 0) is 95.4 Å². The van der Waals surface area contributed by atoms with E-state index in [9.17, 15) is 9.90 Å². The number of nitrogens with zero attached hydrogens (tertiary/aromatic N) is 2. The maximum atomic E-state index is 14.2. The molecule has 5 aliphatic rings. The predicted octanol–water partition coefficient (Wildman–Crippen LogP) is 2.58. The van der Waals surface area contributed by atoms with E-state index in [0.717, 1.165) is 62.9 Å². The molecular formula is C29H44BN3O4. The zero-order valence-electron chi connectivity index (χ0n) is 23.5. The van der Waals surface area contributed by atoms with Crippen molar-refractivity contribution in [1.29, 1.82) is 0 Å². The van der Waals surface area contributed by atoms with Crippen LogP contribution in [0.3, 0.4) is 0 Å². The van der Waals surface area contributed by atoms with Gasteiger partial charge in [0.05, 0.1) is 23.2 Å². The molecule has 1 amide bonds. The first-order valence-corrected chi connectivity index (χ1v) is 14.3. The molecule has 0 aromatic heterocycles. The van der Waals surface area contributed by atoms with Crippen LogP contribution in [0, 0.1) is 5.41 Å². The molecule has 0 radical (unpaired) electrons. The Labute approximate surface area is 222 Å². The number of nitrogens with one attached hydrogen (secondary N) is 1. The topological polar surface area (TPSA) is 74.3 Å². The highest BCUT2D eigenvalue weighted by atomic mass is 16.7. The normalized spacial score (nSPS) is 33.7. The van der Waals surface area contributed by atoms with Crippen LogP contribution in [-0.2, 0) is 19.5 Å². The van der Waals surface area contributed by atoms with Crippen LogP contribution in [0.1, 0.15) is 79.2 Å². The average molecular weight is 510 g/mol. The number of piperidine rings is 1. The van der Waals surface area contributed by atoms with Crippen molar-refractivity contribution in [2.45, 2.75) is 108 Å². The van der Waals surface area contributed by atoms with Crippen LogP contribution >= 0.6 is 0 Å². The zero-order valence-corrected chi connectivity index (χ0v) is 23.5. The molecule has 6 rings (SSSR count). The number of hydrogen-bond acceptors (Lipinski definition) is 6.